The van der Waals surface area contributed by atoms with E-state index in [4.69, 9.17) is 4.74 Å². The summed E-state index contributed by atoms with van der Waals surface area (Å²) in [5, 5.41) is 3.05. The number of benzene rings is 1. The molecule has 1 amide bonds. The van der Waals surface area contributed by atoms with Crippen molar-refractivity contribution in [2.45, 2.75) is 51.1 Å². The maximum atomic E-state index is 12.2. The summed E-state index contributed by atoms with van der Waals surface area (Å²) in [6, 6.07) is 8.13. The lowest BCUT2D eigenvalue weighted by atomic mass is 10.1. The van der Waals surface area contributed by atoms with Crippen molar-refractivity contribution in [2.75, 3.05) is 39.8 Å². The predicted octanol–water partition coefficient (Wildman–Crippen LogP) is 2.65. The summed E-state index contributed by atoms with van der Waals surface area (Å²) in [4.78, 5) is 16.9. The molecule has 0 unspecified atom stereocenters. The molecule has 5 nitrogen and oxygen atoms in total. The number of nitrogens with one attached hydrogen (secondary N) is 1. The summed E-state index contributed by atoms with van der Waals surface area (Å²) < 4.78 is 5.85. The van der Waals surface area contributed by atoms with E-state index in [1.807, 2.05) is 31.3 Å². The molecule has 2 heterocycles. The van der Waals surface area contributed by atoms with Crippen molar-refractivity contribution in [2.24, 2.45) is 0 Å². The first-order valence-corrected chi connectivity index (χ1v) is 10.1. The monoisotopic (exact) mass is 359 g/mol. The average molecular weight is 360 g/mol. The summed E-state index contributed by atoms with van der Waals surface area (Å²) in [6.45, 7) is 5.99. The van der Waals surface area contributed by atoms with E-state index < -0.39 is 0 Å². The minimum Gasteiger partial charge on any atom is -0.494 e. The van der Waals surface area contributed by atoms with Gasteiger partial charge in [-0.2, -0.15) is 0 Å². The van der Waals surface area contributed by atoms with Crippen LogP contribution in [0.1, 0.15) is 44.1 Å². The molecular formula is C21H33N3O2. The van der Waals surface area contributed by atoms with Crippen LogP contribution in [0.15, 0.2) is 24.3 Å². The fraction of sp³-hybridized carbons (Fsp3) is 0.667. The number of piperidine rings is 1. The number of likely N-dealkylation sites (tertiary alicyclic amines) is 2. The van der Waals surface area contributed by atoms with Gasteiger partial charge in [0.2, 0.25) is 5.91 Å². The molecule has 1 N–H and O–H groups in total. The van der Waals surface area contributed by atoms with Crippen LogP contribution in [0.2, 0.25) is 0 Å². The molecule has 0 saturated carbocycles. The van der Waals surface area contributed by atoms with Crippen LogP contribution in [-0.4, -0.2) is 61.6 Å². The molecule has 3 rings (SSSR count). The van der Waals surface area contributed by atoms with Crippen LogP contribution >= 0.6 is 0 Å². The van der Waals surface area contributed by atoms with Crippen LogP contribution in [-0.2, 0) is 11.3 Å². The molecule has 0 spiro atoms. The smallest absolute Gasteiger partial charge is 0.237 e. The Morgan fingerprint density at radius 1 is 1.12 bits per heavy atom. The normalized spacial score (nSPS) is 21.7. The molecule has 2 aliphatic heterocycles. The maximum absolute atomic E-state index is 12.2. The van der Waals surface area contributed by atoms with Gasteiger partial charge in [0.15, 0.2) is 0 Å². The standard InChI is InChI=1S/C21H33N3O2/c1-23-12-5-7-20(23)21(25)22-17-18-8-10-19(11-9-18)26-16-6-15-24-13-3-2-4-14-24/h8-11,20H,2-7,12-17H2,1H3,(H,22,25)/t20-/m1/s1. The van der Waals surface area contributed by atoms with Gasteiger partial charge in [-0.1, -0.05) is 18.6 Å². The molecule has 144 valence electrons. The number of carbonyl (C=O) groups excluding carboxylic acids is 1. The molecule has 0 bridgehead atoms. The van der Waals surface area contributed by atoms with Crippen molar-refractivity contribution in [3.8, 4) is 5.75 Å². The molecule has 2 saturated heterocycles. The molecule has 26 heavy (non-hydrogen) atoms. The van der Waals surface area contributed by atoms with Gasteiger partial charge in [0.25, 0.3) is 0 Å². The molecule has 1 aromatic carbocycles. The number of rotatable bonds is 8. The predicted molar refractivity (Wildman–Crippen MR) is 104 cm³/mol. The highest BCUT2D eigenvalue weighted by molar-refractivity contribution is 5.81. The van der Waals surface area contributed by atoms with Gasteiger partial charge in [0.05, 0.1) is 12.6 Å². The lowest BCUT2D eigenvalue weighted by molar-refractivity contribution is -0.125. The van der Waals surface area contributed by atoms with Crippen molar-refractivity contribution in [3.05, 3.63) is 29.8 Å². The quantitative estimate of drug-likeness (QED) is 0.725. The molecule has 2 aliphatic rings. The third kappa shape index (κ3) is 5.71. The number of nitrogens with zero attached hydrogens (tertiary/aromatic N) is 2. The molecule has 1 aromatic rings. The van der Waals surface area contributed by atoms with Crippen LogP contribution in [0, 0.1) is 0 Å². The number of ether oxygens (including phenoxy) is 1. The van der Waals surface area contributed by atoms with E-state index in [-0.39, 0.29) is 11.9 Å². The van der Waals surface area contributed by atoms with Crippen molar-refractivity contribution in [1.29, 1.82) is 0 Å². The van der Waals surface area contributed by atoms with Crippen molar-refractivity contribution in [3.63, 3.8) is 0 Å². The van der Waals surface area contributed by atoms with E-state index in [0.29, 0.717) is 6.54 Å². The van der Waals surface area contributed by atoms with Crippen LogP contribution in [0.4, 0.5) is 0 Å². The zero-order chi connectivity index (χ0) is 18.2. The summed E-state index contributed by atoms with van der Waals surface area (Å²) >= 11 is 0. The minimum absolute atomic E-state index is 0.0394. The number of carbonyl (C=O) groups is 1. The highest BCUT2D eigenvalue weighted by atomic mass is 16.5. The van der Waals surface area contributed by atoms with E-state index in [2.05, 4.69) is 15.1 Å². The van der Waals surface area contributed by atoms with E-state index in [1.54, 1.807) is 0 Å². The lowest BCUT2D eigenvalue weighted by Crippen LogP contribution is -2.41. The van der Waals surface area contributed by atoms with Crippen molar-refractivity contribution >= 4 is 5.91 Å². The van der Waals surface area contributed by atoms with Crippen LogP contribution < -0.4 is 10.1 Å². The molecule has 5 heteroatoms. The Kier molecular flexibility index (Phi) is 7.32. The first-order chi connectivity index (χ1) is 12.7. The van der Waals surface area contributed by atoms with Gasteiger partial charge in [-0.15, -0.1) is 0 Å². The largest absolute Gasteiger partial charge is 0.494 e. The zero-order valence-electron chi connectivity index (χ0n) is 16.1. The molecule has 0 aliphatic carbocycles. The molecule has 1 atom stereocenters. The van der Waals surface area contributed by atoms with Crippen LogP contribution in [0.3, 0.4) is 0 Å². The molecule has 0 radical (unpaired) electrons. The van der Waals surface area contributed by atoms with E-state index in [9.17, 15) is 4.79 Å². The topological polar surface area (TPSA) is 44.8 Å². The number of amides is 1. The van der Waals surface area contributed by atoms with Gasteiger partial charge in [-0.05, 0) is 76.5 Å². The molecule has 0 aromatic heterocycles. The zero-order valence-corrected chi connectivity index (χ0v) is 16.1. The highest BCUT2D eigenvalue weighted by Crippen LogP contribution is 2.16. The van der Waals surface area contributed by atoms with Gasteiger partial charge in [0, 0.05) is 13.1 Å². The first-order valence-electron chi connectivity index (χ1n) is 10.1. The minimum atomic E-state index is 0.0394. The summed E-state index contributed by atoms with van der Waals surface area (Å²) in [7, 11) is 2.02. The Balaban J connectivity index is 1.33. The number of hydrogen-bond acceptors (Lipinski definition) is 4. The van der Waals surface area contributed by atoms with Crippen molar-refractivity contribution in [1.82, 2.24) is 15.1 Å². The molecule has 2 fully saturated rings. The van der Waals surface area contributed by atoms with Gasteiger partial charge >= 0.3 is 0 Å². The third-order valence-electron chi connectivity index (χ3n) is 5.55. The van der Waals surface area contributed by atoms with Gasteiger partial charge in [-0.25, -0.2) is 0 Å². The number of likely N-dealkylation sites (N-methyl/N-ethyl adjacent to an activating group) is 1. The Bertz CT molecular complexity index is 555. The van der Waals surface area contributed by atoms with Gasteiger partial charge in [0.1, 0.15) is 5.75 Å². The lowest BCUT2D eigenvalue weighted by Gasteiger charge is -2.26. The maximum Gasteiger partial charge on any atom is 0.237 e. The Labute approximate surface area is 157 Å². The second kappa shape index (κ2) is 9.93. The average Bonchev–Trinajstić information content (AvgIpc) is 3.11. The van der Waals surface area contributed by atoms with Gasteiger partial charge < -0.3 is 15.0 Å². The van der Waals surface area contributed by atoms with Crippen LogP contribution in [0.5, 0.6) is 5.75 Å². The second-order valence-electron chi connectivity index (χ2n) is 7.60. The highest BCUT2D eigenvalue weighted by Gasteiger charge is 2.27. The summed E-state index contributed by atoms with van der Waals surface area (Å²) in [5.74, 6) is 1.05. The second-order valence-corrected chi connectivity index (χ2v) is 7.60. The molecular weight excluding hydrogens is 326 g/mol. The first kappa shape index (κ1) is 19.2. The van der Waals surface area contributed by atoms with E-state index in [1.165, 1.54) is 32.4 Å². The SMILES string of the molecule is CN1CCC[C@@H]1C(=O)NCc1ccc(OCCCN2CCCCC2)cc1. The summed E-state index contributed by atoms with van der Waals surface area (Å²) in [5.41, 5.74) is 1.11. The van der Waals surface area contributed by atoms with Crippen molar-refractivity contribution < 1.29 is 9.53 Å². The number of hydrogen-bond donors (Lipinski definition) is 1. The van der Waals surface area contributed by atoms with E-state index >= 15 is 0 Å². The fourth-order valence-electron chi connectivity index (χ4n) is 3.91. The Morgan fingerprint density at radius 2 is 1.88 bits per heavy atom. The Morgan fingerprint density at radius 3 is 2.58 bits per heavy atom. The third-order valence-corrected chi connectivity index (χ3v) is 5.55. The van der Waals surface area contributed by atoms with Gasteiger partial charge in [-0.3, -0.25) is 9.69 Å². The fourth-order valence-corrected chi connectivity index (χ4v) is 3.91. The Hall–Kier alpha value is -1.59. The summed E-state index contributed by atoms with van der Waals surface area (Å²) in [6.07, 6.45) is 7.22. The van der Waals surface area contributed by atoms with Crippen LogP contribution in [0.25, 0.3) is 0 Å². The van der Waals surface area contributed by atoms with E-state index in [0.717, 1.165) is 50.3 Å².